The number of carbonyl (C=O) groups is 2. The van der Waals surface area contributed by atoms with E-state index in [1.807, 2.05) is 65.8 Å². The van der Waals surface area contributed by atoms with Crippen LogP contribution in [0.4, 0.5) is 16.3 Å². The van der Waals surface area contributed by atoms with Crippen molar-refractivity contribution in [1.29, 1.82) is 0 Å². The van der Waals surface area contributed by atoms with Gasteiger partial charge in [-0.25, -0.2) is 9.48 Å². The summed E-state index contributed by atoms with van der Waals surface area (Å²) in [4.78, 5) is 27.6. The fourth-order valence-corrected chi connectivity index (χ4v) is 3.84. The van der Waals surface area contributed by atoms with Gasteiger partial charge in [-0.15, -0.1) is 0 Å². The van der Waals surface area contributed by atoms with Gasteiger partial charge in [0.2, 0.25) is 5.91 Å². The topological polar surface area (TPSA) is 79.3 Å². The number of aryl methyl sites for hydroxylation is 2. The van der Waals surface area contributed by atoms with Crippen LogP contribution in [0.25, 0.3) is 5.69 Å². The Kier molecular flexibility index (Phi) is 8.69. The second-order valence-corrected chi connectivity index (χ2v) is 10.7. The first-order valence-corrected chi connectivity index (χ1v) is 12.6. The number of amides is 3. The molecule has 2 N–H and O–H groups in total. The third kappa shape index (κ3) is 6.80. The monoisotopic (exact) mass is 529 g/mol. The molecule has 3 amide bonds. The van der Waals surface area contributed by atoms with E-state index in [0.29, 0.717) is 40.2 Å². The van der Waals surface area contributed by atoms with Gasteiger partial charge in [-0.1, -0.05) is 57.0 Å². The van der Waals surface area contributed by atoms with E-state index in [4.69, 9.17) is 28.3 Å². The zero-order valence-electron chi connectivity index (χ0n) is 21.6. The van der Waals surface area contributed by atoms with Crippen LogP contribution in [0.1, 0.15) is 50.9 Å². The van der Waals surface area contributed by atoms with Gasteiger partial charge in [0.25, 0.3) is 0 Å². The molecule has 0 saturated heterocycles. The van der Waals surface area contributed by atoms with Gasteiger partial charge in [0.1, 0.15) is 12.4 Å². The molecule has 0 aliphatic rings. The lowest BCUT2D eigenvalue weighted by Gasteiger charge is -2.22. The Morgan fingerprint density at radius 3 is 2.31 bits per heavy atom. The lowest BCUT2D eigenvalue weighted by atomic mass is 9.92. The molecule has 192 valence electrons. The smallest absolute Gasteiger partial charge is 0.315 e. The maximum absolute atomic E-state index is 13.1. The van der Waals surface area contributed by atoms with Crippen molar-refractivity contribution in [3.05, 3.63) is 69.3 Å². The van der Waals surface area contributed by atoms with E-state index in [0.717, 1.165) is 16.8 Å². The zero-order valence-corrected chi connectivity index (χ0v) is 23.1. The van der Waals surface area contributed by atoms with Crippen molar-refractivity contribution in [3.63, 3.8) is 0 Å². The Labute approximate surface area is 222 Å². The normalized spacial score (nSPS) is 11.3. The molecule has 0 aliphatic carbocycles. The summed E-state index contributed by atoms with van der Waals surface area (Å²) in [6.45, 7) is 12.4. The van der Waals surface area contributed by atoms with Crippen LogP contribution in [0.2, 0.25) is 10.0 Å². The molecule has 3 rings (SSSR count). The quantitative estimate of drug-likeness (QED) is 0.346. The number of rotatable bonds is 7. The lowest BCUT2D eigenvalue weighted by Crippen LogP contribution is -2.41. The summed E-state index contributed by atoms with van der Waals surface area (Å²) in [5.74, 6) is 0.148. The maximum Gasteiger partial charge on any atom is 0.322 e. The van der Waals surface area contributed by atoms with Crippen molar-refractivity contribution in [1.82, 2.24) is 14.7 Å². The first-order chi connectivity index (χ1) is 16.9. The van der Waals surface area contributed by atoms with Crippen molar-refractivity contribution in [2.45, 2.75) is 53.4 Å². The van der Waals surface area contributed by atoms with Crippen molar-refractivity contribution < 1.29 is 9.59 Å². The largest absolute Gasteiger partial charge is 0.322 e. The van der Waals surface area contributed by atoms with E-state index in [2.05, 4.69) is 10.6 Å². The highest BCUT2D eigenvalue weighted by molar-refractivity contribution is 6.42. The number of nitrogens with zero attached hydrogens (tertiary/aromatic N) is 3. The second kappa shape index (κ2) is 11.4. The highest BCUT2D eigenvalue weighted by Crippen LogP contribution is 2.29. The van der Waals surface area contributed by atoms with Gasteiger partial charge in [0.15, 0.2) is 0 Å². The number of urea groups is 1. The number of hydrogen-bond acceptors (Lipinski definition) is 3. The molecule has 36 heavy (non-hydrogen) atoms. The minimum Gasteiger partial charge on any atom is -0.315 e. The van der Waals surface area contributed by atoms with Gasteiger partial charge in [0, 0.05) is 23.7 Å². The van der Waals surface area contributed by atoms with E-state index < -0.39 is 0 Å². The van der Waals surface area contributed by atoms with Crippen LogP contribution in [0.3, 0.4) is 0 Å². The summed E-state index contributed by atoms with van der Waals surface area (Å²) >= 11 is 12.3. The number of carbonyl (C=O) groups excluding carboxylic acids is 2. The van der Waals surface area contributed by atoms with Gasteiger partial charge in [-0.05, 0) is 61.7 Å². The average Bonchev–Trinajstić information content (AvgIpc) is 3.22. The number of anilines is 2. The van der Waals surface area contributed by atoms with E-state index in [-0.39, 0.29) is 23.9 Å². The van der Waals surface area contributed by atoms with Crippen LogP contribution >= 0.6 is 23.2 Å². The molecular formula is C27H33Cl2N5O2. The molecule has 3 aromatic rings. The number of aromatic nitrogens is 2. The standard InChI is InChI=1S/C27H33Cl2N5O2/c1-7-12-33(26(36)30-19-9-8-17(2)18(3)13-19)16-25(35)31-24-15-23(27(4,5)6)32-34(24)20-10-11-21(28)22(29)14-20/h8-11,13-15H,7,12,16H2,1-6H3,(H,30,36)(H,31,35). The van der Waals surface area contributed by atoms with Gasteiger partial charge in [-0.3, -0.25) is 4.79 Å². The van der Waals surface area contributed by atoms with Crippen molar-refractivity contribution in [2.24, 2.45) is 0 Å². The van der Waals surface area contributed by atoms with E-state index in [1.165, 1.54) is 4.90 Å². The molecule has 0 atom stereocenters. The van der Waals surface area contributed by atoms with Crippen molar-refractivity contribution >= 4 is 46.6 Å². The number of hydrogen-bond donors (Lipinski definition) is 2. The van der Waals surface area contributed by atoms with Gasteiger partial charge in [-0.2, -0.15) is 5.10 Å². The van der Waals surface area contributed by atoms with Crippen LogP contribution in [0.5, 0.6) is 0 Å². The molecule has 0 unspecified atom stereocenters. The fraction of sp³-hybridized carbons (Fsp3) is 0.370. The molecule has 0 aliphatic heterocycles. The molecule has 0 fully saturated rings. The Morgan fingerprint density at radius 2 is 1.69 bits per heavy atom. The molecule has 1 aromatic heterocycles. The molecule has 9 heteroatoms. The molecule has 1 heterocycles. The summed E-state index contributed by atoms with van der Waals surface area (Å²) in [6, 6.07) is 12.4. The SMILES string of the molecule is CCCN(CC(=O)Nc1cc(C(C)(C)C)nn1-c1ccc(Cl)c(Cl)c1)C(=O)Nc1ccc(C)c(C)c1. The molecule has 0 spiro atoms. The highest BCUT2D eigenvalue weighted by atomic mass is 35.5. The minimum atomic E-state index is -0.333. The highest BCUT2D eigenvalue weighted by Gasteiger charge is 2.23. The maximum atomic E-state index is 13.1. The van der Waals surface area contributed by atoms with Crippen molar-refractivity contribution in [3.8, 4) is 5.69 Å². The molecule has 7 nitrogen and oxygen atoms in total. The van der Waals surface area contributed by atoms with Crippen LogP contribution in [-0.4, -0.2) is 39.7 Å². The molecule has 2 aromatic carbocycles. The number of benzene rings is 2. The summed E-state index contributed by atoms with van der Waals surface area (Å²) in [7, 11) is 0. The summed E-state index contributed by atoms with van der Waals surface area (Å²) in [5, 5.41) is 11.3. The second-order valence-electron chi connectivity index (χ2n) is 9.87. The predicted molar refractivity (Wildman–Crippen MR) is 148 cm³/mol. The van der Waals surface area contributed by atoms with E-state index in [9.17, 15) is 9.59 Å². The molecular weight excluding hydrogens is 497 g/mol. The summed E-state index contributed by atoms with van der Waals surface area (Å²) in [6.07, 6.45) is 0.711. The average molecular weight is 531 g/mol. The van der Waals surface area contributed by atoms with Crippen molar-refractivity contribution in [2.75, 3.05) is 23.7 Å². The Bertz CT molecular complexity index is 1260. The molecule has 0 radical (unpaired) electrons. The Morgan fingerprint density at radius 1 is 0.972 bits per heavy atom. The zero-order chi connectivity index (χ0) is 26.6. The summed E-state index contributed by atoms with van der Waals surface area (Å²) in [5.41, 5.74) is 4.12. The molecule has 0 bridgehead atoms. The minimum absolute atomic E-state index is 0.109. The van der Waals surface area contributed by atoms with E-state index in [1.54, 1.807) is 22.9 Å². The van der Waals surface area contributed by atoms with E-state index >= 15 is 0 Å². The molecule has 0 saturated carbocycles. The number of halogens is 2. The first-order valence-electron chi connectivity index (χ1n) is 11.9. The van der Waals surface area contributed by atoms with Crippen LogP contribution in [0.15, 0.2) is 42.5 Å². The third-order valence-electron chi connectivity index (χ3n) is 5.77. The van der Waals surface area contributed by atoms with Crippen LogP contribution < -0.4 is 10.6 Å². The van der Waals surface area contributed by atoms with Gasteiger partial charge < -0.3 is 15.5 Å². The fourth-order valence-electron chi connectivity index (χ4n) is 3.55. The first kappa shape index (κ1) is 27.6. The third-order valence-corrected chi connectivity index (χ3v) is 6.51. The number of nitrogens with one attached hydrogen (secondary N) is 2. The Balaban J connectivity index is 1.81. The van der Waals surface area contributed by atoms with Crippen LogP contribution in [-0.2, 0) is 10.2 Å². The lowest BCUT2D eigenvalue weighted by molar-refractivity contribution is -0.116. The van der Waals surface area contributed by atoms with Gasteiger partial charge >= 0.3 is 6.03 Å². The van der Waals surface area contributed by atoms with Crippen LogP contribution in [0, 0.1) is 13.8 Å². The predicted octanol–water partition coefficient (Wildman–Crippen LogP) is 6.98. The van der Waals surface area contributed by atoms with Gasteiger partial charge in [0.05, 0.1) is 21.4 Å². The Hall–Kier alpha value is -3.03. The summed E-state index contributed by atoms with van der Waals surface area (Å²) < 4.78 is 1.63.